The molecule has 30 heavy (non-hydrogen) atoms. The van der Waals surface area contributed by atoms with E-state index in [1.807, 2.05) is 30.3 Å². The number of ether oxygens (including phenoxy) is 1. The predicted molar refractivity (Wildman–Crippen MR) is 109 cm³/mol. The topological polar surface area (TPSA) is 116 Å². The zero-order valence-corrected chi connectivity index (χ0v) is 16.6. The number of amides is 2. The van der Waals surface area contributed by atoms with Crippen LogP contribution in [0, 0.1) is 5.92 Å². The fourth-order valence-corrected chi connectivity index (χ4v) is 3.77. The Balaban J connectivity index is 1.73. The number of phenols is 1. The number of methoxy groups -OCH3 is 1. The fourth-order valence-electron chi connectivity index (χ4n) is 3.77. The number of aromatic hydroxyl groups is 1. The minimum absolute atomic E-state index is 0.0436. The molecular formula is C22H24N2O6. The van der Waals surface area contributed by atoms with Crippen LogP contribution < -0.4 is 5.32 Å². The Hall–Kier alpha value is -3.55. The van der Waals surface area contributed by atoms with E-state index in [1.165, 1.54) is 30.2 Å². The zero-order chi connectivity index (χ0) is 21.7. The van der Waals surface area contributed by atoms with Crippen LogP contribution in [0.3, 0.4) is 0 Å². The molecule has 0 saturated carbocycles. The first-order chi connectivity index (χ1) is 14.4. The van der Waals surface area contributed by atoms with Crippen LogP contribution in [0.25, 0.3) is 0 Å². The van der Waals surface area contributed by atoms with Gasteiger partial charge in [0.1, 0.15) is 5.56 Å². The number of phenolic OH excluding ortho intramolecular Hbond substituents is 1. The van der Waals surface area contributed by atoms with Gasteiger partial charge in [-0.2, -0.15) is 0 Å². The molecule has 2 amide bonds. The van der Waals surface area contributed by atoms with Crippen LogP contribution in [-0.2, 0) is 16.0 Å². The molecule has 8 nitrogen and oxygen atoms in total. The molecule has 1 aliphatic rings. The molecule has 3 N–H and O–H groups in total. The molecular weight excluding hydrogens is 388 g/mol. The predicted octanol–water partition coefficient (Wildman–Crippen LogP) is 3.12. The largest absolute Gasteiger partial charge is 0.505 e. The number of anilines is 1. The average molecular weight is 412 g/mol. The van der Waals surface area contributed by atoms with E-state index in [2.05, 4.69) is 10.1 Å². The van der Waals surface area contributed by atoms with Crippen molar-refractivity contribution in [1.29, 1.82) is 0 Å². The molecule has 158 valence electrons. The van der Waals surface area contributed by atoms with Gasteiger partial charge < -0.3 is 25.2 Å². The van der Waals surface area contributed by atoms with Crippen LogP contribution in [0.15, 0.2) is 48.5 Å². The van der Waals surface area contributed by atoms with Gasteiger partial charge in [-0.25, -0.2) is 9.59 Å². The van der Waals surface area contributed by atoms with Crippen molar-refractivity contribution in [3.63, 3.8) is 0 Å². The number of benzene rings is 2. The maximum Gasteiger partial charge on any atom is 0.407 e. The molecule has 8 heteroatoms. The number of carbonyl (C=O) groups is 3. The molecule has 2 aromatic rings. The Morgan fingerprint density at radius 3 is 2.53 bits per heavy atom. The Bertz CT molecular complexity index is 930. The van der Waals surface area contributed by atoms with Crippen LogP contribution >= 0.6 is 0 Å². The Labute approximate surface area is 174 Å². The summed E-state index contributed by atoms with van der Waals surface area (Å²) < 4.78 is 4.63. The second-order valence-corrected chi connectivity index (χ2v) is 7.22. The lowest BCUT2D eigenvalue weighted by molar-refractivity contribution is -0.121. The summed E-state index contributed by atoms with van der Waals surface area (Å²) in [6.07, 6.45) is 0.254. The van der Waals surface area contributed by atoms with Gasteiger partial charge in [-0.05, 0) is 37.0 Å². The maximum atomic E-state index is 12.8. The minimum atomic E-state index is -1.00. The number of hydrogen-bond donors (Lipinski definition) is 3. The highest BCUT2D eigenvalue weighted by atomic mass is 16.5. The molecule has 1 heterocycles. The Morgan fingerprint density at radius 2 is 1.87 bits per heavy atom. The van der Waals surface area contributed by atoms with Crippen LogP contribution in [0.2, 0.25) is 0 Å². The summed E-state index contributed by atoms with van der Waals surface area (Å²) in [6.45, 7) is 0.249. The molecule has 2 atom stereocenters. The van der Waals surface area contributed by atoms with E-state index < -0.39 is 18.0 Å². The summed E-state index contributed by atoms with van der Waals surface area (Å²) in [7, 11) is 1.20. The standard InChI is InChI=1S/C22H24N2O6/c1-30-21(27)17-8-5-9-18(19(17)25)23-20(26)15-10-11-24(22(28)29)16(13-15)12-14-6-3-2-4-7-14/h2-9,15-16,25H,10-13H2,1H3,(H,23,26)(H,28,29). The first-order valence-corrected chi connectivity index (χ1v) is 9.65. The van der Waals surface area contributed by atoms with Gasteiger partial charge in [-0.15, -0.1) is 0 Å². The Morgan fingerprint density at radius 1 is 1.13 bits per heavy atom. The molecule has 3 rings (SSSR count). The van der Waals surface area contributed by atoms with Crippen LogP contribution in [0.1, 0.15) is 28.8 Å². The number of esters is 1. The number of para-hydroxylation sites is 1. The van der Waals surface area contributed by atoms with Gasteiger partial charge in [0.05, 0.1) is 12.8 Å². The van der Waals surface area contributed by atoms with E-state index >= 15 is 0 Å². The second-order valence-electron chi connectivity index (χ2n) is 7.22. The number of rotatable bonds is 5. The van der Waals surface area contributed by atoms with Gasteiger partial charge in [0.15, 0.2) is 5.75 Å². The van der Waals surface area contributed by atoms with Crippen LogP contribution in [0.4, 0.5) is 10.5 Å². The number of hydrogen-bond acceptors (Lipinski definition) is 5. The van der Waals surface area contributed by atoms with Crippen LogP contribution in [-0.4, -0.2) is 52.8 Å². The number of carboxylic acid groups (broad SMARTS) is 1. The number of carbonyl (C=O) groups excluding carboxylic acids is 2. The van der Waals surface area contributed by atoms with Gasteiger partial charge in [0.2, 0.25) is 5.91 Å². The van der Waals surface area contributed by atoms with E-state index in [0.717, 1.165) is 5.56 Å². The van der Waals surface area contributed by atoms with Crippen molar-refractivity contribution in [3.05, 3.63) is 59.7 Å². The molecule has 0 spiro atoms. The summed E-state index contributed by atoms with van der Waals surface area (Å²) in [5.41, 5.74) is 1.07. The molecule has 1 fully saturated rings. The van der Waals surface area contributed by atoms with Crippen molar-refractivity contribution < 1.29 is 29.3 Å². The molecule has 2 unspecified atom stereocenters. The number of likely N-dealkylation sites (tertiary alicyclic amines) is 1. The lowest BCUT2D eigenvalue weighted by atomic mass is 9.87. The fraction of sp³-hybridized carbons (Fsp3) is 0.318. The highest BCUT2D eigenvalue weighted by molar-refractivity contribution is 5.99. The maximum absolute atomic E-state index is 12.8. The van der Waals surface area contributed by atoms with E-state index in [9.17, 15) is 24.6 Å². The molecule has 0 aliphatic carbocycles. The average Bonchev–Trinajstić information content (AvgIpc) is 2.75. The van der Waals surface area contributed by atoms with Crippen molar-refractivity contribution in [1.82, 2.24) is 4.90 Å². The summed E-state index contributed by atoms with van der Waals surface area (Å²) >= 11 is 0. The highest BCUT2D eigenvalue weighted by Crippen LogP contribution is 2.31. The molecule has 2 aromatic carbocycles. The highest BCUT2D eigenvalue weighted by Gasteiger charge is 2.35. The van der Waals surface area contributed by atoms with E-state index in [1.54, 1.807) is 0 Å². The molecule has 0 radical (unpaired) electrons. The first-order valence-electron chi connectivity index (χ1n) is 9.65. The Kier molecular flexibility index (Phi) is 6.56. The van der Waals surface area contributed by atoms with Crippen molar-refractivity contribution in [2.75, 3.05) is 19.0 Å². The third-order valence-corrected chi connectivity index (χ3v) is 5.35. The van der Waals surface area contributed by atoms with Gasteiger partial charge >= 0.3 is 12.1 Å². The van der Waals surface area contributed by atoms with Crippen LogP contribution in [0.5, 0.6) is 5.75 Å². The molecule has 1 aliphatic heterocycles. The number of nitrogens with zero attached hydrogens (tertiary/aromatic N) is 1. The zero-order valence-electron chi connectivity index (χ0n) is 16.6. The van der Waals surface area contributed by atoms with E-state index in [4.69, 9.17) is 0 Å². The third-order valence-electron chi connectivity index (χ3n) is 5.35. The van der Waals surface area contributed by atoms with Gasteiger partial charge in [-0.3, -0.25) is 4.79 Å². The minimum Gasteiger partial charge on any atom is -0.505 e. The summed E-state index contributed by atoms with van der Waals surface area (Å²) in [5, 5.41) is 22.5. The van der Waals surface area contributed by atoms with E-state index in [-0.39, 0.29) is 35.5 Å². The third kappa shape index (κ3) is 4.71. The molecule has 0 aromatic heterocycles. The quantitative estimate of drug-likeness (QED) is 0.513. The van der Waals surface area contributed by atoms with Crippen molar-refractivity contribution in [2.45, 2.75) is 25.3 Å². The summed E-state index contributed by atoms with van der Waals surface area (Å²) in [4.78, 5) is 37.6. The lowest BCUT2D eigenvalue weighted by Crippen LogP contribution is -2.48. The van der Waals surface area contributed by atoms with Crippen molar-refractivity contribution in [2.24, 2.45) is 5.92 Å². The number of piperidine rings is 1. The smallest absolute Gasteiger partial charge is 0.407 e. The molecule has 0 bridgehead atoms. The molecule has 1 saturated heterocycles. The second kappa shape index (κ2) is 9.30. The summed E-state index contributed by atoms with van der Waals surface area (Å²) in [6, 6.07) is 13.6. The number of nitrogens with one attached hydrogen (secondary N) is 1. The monoisotopic (exact) mass is 412 g/mol. The first kappa shape index (κ1) is 21.2. The summed E-state index contributed by atoms with van der Waals surface area (Å²) in [5.74, 6) is -1.81. The van der Waals surface area contributed by atoms with Crippen molar-refractivity contribution >= 4 is 23.7 Å². The van der Waals surface area contributed by atoms with Gasteiger partial charge in [0.25, 0.3) is 0 Å². The van der Waals surface area contributed by atoms with Crippen molar-refractivity contribution in [3.8, 4) is 5.75 Å². The SMILES string of the molecule is COC(=O)c1cccc(NC(=O)C2CCN(C(=O)O)C(Cc3ccccc3)C2)c1O. The normalized spacial score (nSPS) is 18.5. The van der Waals surface area contributed by atoms with E-state index in [0.29, 0.717) is 19.3 Å². The van der Waals surface area contributed by atoms with Gasteiger partial charge in [-0.1, -0.05) is 36.4 Å². The van der Waals surface area contributed by atoms with Gasteiger partial charge in [0, 0.05) is 18.5 Å². The lowest BCUT2D eigenvalue weighted by Gasteiger charge is -2.37.